The van der Waals surface area contributed by atoms with Gasteiger partial charge in [0.2, 0.25) is 5.91 Å². The lowest BCUT2D eigenvalue weighted by Gasteiger charge is -2.28. The maximum atomic E-state index is 13.3. The number of hydrogen-bond donors (Lipinski definition) is 1. The van der Waals surface area contributed by atoms with E-state index in [2.05, 4.69) is 5.32 Å². The van der Waals surface area contributed by atoms with Crippen molar-refractivity contribution in [2.75, 3.05) is 7.05 Å². The molecule has 1 aliphatic rings. The van der Waals surface area contributed by atoms with Gasteiger partial charge < -0.3 is 15.0 Å². The minimum absolute atomic E-state index is 0.125. The van der Waals surface area contributed by atoms with E-state index in [1.165, 1.54) is 17.0 Å². The summed E-state index contributed by atoms with van der Waals surface area (Å²) < 4.78 is 19.3. The molecule has 30 heavy (non-hydrogen) atoms. The number of carbonyl (C=O) groups is 2. The molecule has 2 aromatic carbocycles. The third kappa shape index (κ3) is 5.06. The summed E-state index contributed by atoms with van der Waals surface area (Å²) in [7, 11) is 1.60. The molecular formula is C24H27FN2O3. The lowest BCUT2D eigenvalue weighted by molar-refractivity contribution is -0.125. The highest BCUT2D eigenvalue weighted by Gasteiger charge is 2.27. The molecule has 0 saturated heterocycles. The number of halogens is 1. The van der Waals surface area contributed by atoms with Crippen LogP contribution in [0.4, 0.5) is 4.39 Å². The van der Waals surface area contributed by atoms with Crippen molar-refractivity contribution >= 4 is 11.8 Å². The van der Waals surface area contributed by atoms with Gasteiger partial charge in [-0.05, 0) is 50.1 Å². The summed E-state index contributed by atoms with van der Waals surface area (Å²) in [5.74, 6) is -0.391. The molecule has 3 atom stereocenters. The molecule has 2 amide bonds. The van der Waals surface area contributed by atoms with Gasteiger partial charge >= 0.3 is 0 Å². The highest BCUT2D eigenvalue weighted by atomic mass is 19.1. The van der Waals surface area contributed by atoms with E-state index < -0.39 is 6.04 Å². The second-order valence-corrected chi connectivity index (χ2v) is 7.57. The van der Waals surface area contributed by atoms with E-state index in [9.17, 15) is 14.0 Å². The van der Waals surface area contributed by atoms with Gasteiger partial charge in [-0.3, -0.25) is 9.59 Å². The second kappa shape index (κ2) is 9.57. The average molecular weight is 410 g/mol. The Hall–Kier alpha value is -3.15. The van der Waals surface area contributed by atoms with Crippen LogP contribution in [0.5, 0.6) is 5.75 Å². The summed E-state index contributed by atoms with van der Waals surface area (Å²) in [6, 6.07) is 12.1. The molecule has 0 fully saturated rings. The predicted octanol–water partition coefficient (Wildman–Crippen LogP) is 4.26. The van der Waals surface area contributed by atoms with Crippen molar-refractivity contribution < 1.29 is 18.7 Å². The zero-order valence-electron chi connectivity index (χ0n) is 17.5. The van der Waals surface area contributed by atoms with Crippen LogP contribution in [-0.4, -0.2) is 35.9 Å². The molecule has 0 radical (unpaired) electrons. The van der Waals surface area contributed by atoms with Crippen molar-refractivity contribution in [3.8, 4) is 5.75 Å². The summed E-state index contributed by atoms with van der Waals surface area (Å²) >= 11 is 0. The number of nitrogens with one attached hydrogen (secondary N) is 1. The van der Waals surface area contributed by atoms with Crippen LogP contribution in [0.3, 0.4) is 0 Å². The predicted molar refractivity (Wildman–Crippen MR) is 114 cm³/mol. The second-order valence-electron chi connectivity index (χ2n) is 7.57. The van der Waals surface area contributed by atoms with Crippen LogP contribution >= 0.6 is 0 Å². The van der Waals surface area contributed by atoms with Gasteiger partial charge in [0.1, 0.15) is 17.6 Å². The first-order valence-electron chi connectivity index (χ1n) is 10.1. The standard InChI is InChI=1S/C24H27FN2O3/c1-16-8-4-6-10-21(18-12-14-19(25)15-13-18)26-23(28)17(2)27(3)24(29)20-9-5-7-11-22(20)30-16/h4-7,9,11-17,21H,8,10H2,1-3H3,(H,26,28)/b6-4-/t16-,17+,21-/m1/s1. The van der Waals surface area contributed by atoms with Crippen LogP contribution in [0.2, 0.25) is 0 Å². The number of rotatable bonds is 1. The highest BCUT2D eigenvalue weighted by molar-refractivity contribution is 5.99. The molecule has 1 aliphatic heterocycles. The number of fused-ring (bicyclic) bond motifs is 1. The maximum Gasteiger partial charge on any atom is 0.258 e. The van der Waals surface area contributed by atoms with Crippen LogP contribution in [0.15, 0.2) is 60.7 Å². The Kier molecular flexibility index (Phi) is 6.87. The Morgan fingerprint density at radius 2 is 1.67 bits per heavy atom. The fraction of sp³-hybridized carbons (Fsp3) is 0.333. The fourth-order valence-electron chi connectivity index (χ4n) is 3.34. The number of nitrogens with zero attached hydrogens (tertiary/aromatic N) is 1. The summed E-state index contributed by atoms with van der Waals surface area (Å²) in [6.07, 6.45) is 5.06. The Bertz CT molecular complexity index is 926. The van der Waals surface area contributed by atoms with Crippen molar-refractivity contribution in [3.63, 3.8) is 0 Å². The van der Waals surface area contributed by atoms with Gasteiger partial charge in [-0.2, -0.15) is 0 Å². The topological polar surface area (TPSA) is 58.6 Å². The van der Waals surface area contributed by atoms with Crippen molar-refractivity contribution in [3.05, 3.63) is 77.6 Å². The molecule has 0 saturated carbocycles. The zero-order valence-corrected chi connectivity index (χ0v) is 17.5. The molecule has 0 spiro atoms. The van der Waals surface area contributed by atoms with E-state index in [0.29, 0.717) is 24.2 Å². The SMILES string of the molecule is C[C@@H]1C/C=C\C[C@H](c2ccc(F)cc2)NC(=O)[C@H](C)N(C)C(=O)c2ccccc2O1. The molecule has 0 aromatic heterocycles. The average Bonchev–Trinajstić information content (AvgIpc) is 2.74. The number of likely N-dealkylation sites (N-methyl/N-ethyl adjacent to an activating group) is 1. The summed E-state index contributed by atoms with van der Waals surface area (Å²) in [5, 5.41) is 3.00. The quantitative estimate of drug-likeness (QED) is 0.715. The first kappa shape index (κ1) is 21.6. The van der Waals surface area contributed by atoms with E-state index >= 15 is 0 Å². The van der Waals surface area contributed by atoms with Crippen LogP contribution in [0.1, 0.15) is 48.7 Å². The number of hydrogen-bond acceptors (Lipinski definition) is 3. The smallest absolute Gasteiger partial charge is 0.258 e. The lowest BCUT2D eigenvalue weighted by atomic mass is 10.0. The van der Waals surface area contributed by atoms with Crippen LogP contribution in [0.25, 0.3) is 0 Å². The van der Waals surface area contributed by atoms with Crippen molar-refractivity contribution in [2.24, 2.45) is 0 Å². The molecule has 2 aromatic rings. The molecular weight excluding hydrogens is 383 g/mol. The molecule has 1 N–H and O–H groups in total. The Morgan fingerprint density at radius 3 is 2.40 bits per heavy atom. The molecule has 3 rings (SSSR count). The van der Waals surface area contributed by atoms with Gasteiger partial charge in [-0.1, -0.05) is 36.4 Å². The van der Waals surface area contributed by atoms with Gasteiger partial charge in [0.15, 0.2) is 0 Å². The molecule has 158 valence electrons. The molecule has 0 unspecified atom stereocenters. The van der Waals surface area contributed by atoms with Crippen LogP contribution < -0.4 is 10.1 Å². The minimum atomic E-state index is -0.696. The van der Waals surface area contributed by atoms with E-state index in [1.807, 2.05) is 25.1 Å². The molecule has 6 heteroatoms. The van der Waals surface area contributed by atoms with Crippen molar-refractivity contribution in [1.29, 1.82) is 0 Å². The van der Waals surface area contributed by atoms with E-state index in [0.717, 1.165) is 5.56 Å². The number of para-hydroxylation sites is 1. The minimum Gasteiger partial charge on any atom is -0.490 e. The number of ether oxygens (including phenoxy) is 1. The summed E-state index contributed by atoms with van der Waals surface area (Å²) in [5.41, 5.74) is 1.22. The summed E-state index contributed by atoms with van der Waals surface area (Å²) in [4.78, 5) is 27.4. The van der Waals surface area contributed by atoms with Gasteiger partial charge in [0.25, 0.3) is 5.91 Å². The maximum absolute atomic E-state index is 13.3. The highest BCUT2D eigenvalue weighted by Crippen LogP contribution is 2.24. The Labute approximate surface area is 176 Å². The van der Waals surface area contributed by atoms with Gasteiger partial charge in [-0.25, -0.2) is 4.39 Å². The molecule has 1 heterocycles. The first-order chi connectivity index (χ1) is 14.4. The monoisotopic (exact) mass is 410 g/mol. The van der Waals surface area contributed by atoms with Crippen molar-refractivity contribution in [1.82, 2.24) is 10.2 Å². The van der Waals surface area contributed by atoms with E-state index in [1.54, 1.807) is 44.3 Å². The summed E-state index contributed by atoms with van der Waals surface area (Å²) in [6.45, 7) is 3.63. The first-order valence-corrected chi connectivity index (χ1v) is 10.1. The lowest BCUT2D eigenvalue weighted by Crippen LogP contribution is -2.47. The normalized spacial score (nSPS) is 24.3. The van der Waals surface area contributed by atoms with Gasteiger partial charge in [0, 0.05) is 13.5 Å². The van der Waals surface area contributed by atoms with Crippen LogP contribution in [-0.2, 0) is 4.79 Å². The fourth-order valence-corrected chi connectivity index (χ4v) is 3.34. The molecule has 5 nitrogen and oxygen atoms in total. The van der Waals surface area contributed by atoms with Gasteiger partial charge in [-0.15, -0.1) is 0 Å². The zero-order chi connectivity index (χ0) is 21.7. The molecule has 0 aliphatic carbocycles. The number of amides is 2. The number of carbonyl (C=O) groups excluding carboxylic acids is 2. The third-order valence-corrected chi connectivity index (χ3v) is 5.32. The van der Waals surface area contributed by atoms with Crippen LogP contribution in [0, 0.1) is 5.82 Å². The number of benzene rings is 2. The van der Waals surface area contributed by atoms with Gasteiger partial charge in [0.05, 0.1) is 17.7 Å². The largest absolute Gasteiger partial charge is 0.490 e. The van der Waals surface area contributed by atoms with Crippen molar-refractivity contribution in [2.45, 2.75) is 44.9 Å². The third-order valence-electron chi connectivity index (χ3n) is 5.32. The van der Waals surface area contributed by atoms with E-state index in [4.69, 9.17) is 4.74 Å². The Balaban J connectivity index is 1.92. The van der Waals surface area contributed by atoms with E-state index in [-0.39, 0.29) is 29.8 Å². The Morgan fingerprint density at radius 1 is 1.00 bits per heavy atom. The molecule has 0 bridgehead atoms.